The molecule has 266 valence electrons. The van der Waals surface area contributed by atoms with Crippen LogP contribution in [0.2, 0.25) is 0 Å². The minimum Gasteiger partial charge on any atom is -0.310 e. The highest BCUT2D eigenvalue weighted by Gasteiger charge is 2.36. The first-order chi connectivity index (χ1) is 27.5. The molecule has 9 aromatic rings. The maximum Gasteiger partial charge on any atom is 0.0468 e. The lowest BCUT2D eigenvalue weighted by Crippen LogP contribution is -2.16. The van der Waals surface area contributed by atoms with Gasteiger partial charge in [-0.1, -0.05) is 184 Å². The monoisotopic (exact) mass is 715 g/mol. The minimum absolute atomic E-state index is 0.175. The molecule has 0 atom stereocenters. The first-order valence-electron chi connectivity index (χ1n) is 19.5. The third-order valence-corrected chi connectivity index (χ3v) is 11.7. The third-order valence-electron chi connectivity index (χ3n) is 11.7. The van der Waals surface area contributed by atoms with Crippen molar-refractivity contribution >= 4 is 27.8 Å². The van der Waals surface area contributed by atoms with Crippen LogP contribution in [0, 0.1) is 0 Å². The molecule has 56 heavy (non-hydrogen) atoms. The largest absolute Gasteiger partial charge is 0.310 e. The fraction of sp³-hybridized carbons (Fsp3) is 0.0545. The van der Waals surface area contributed by atoms with E-state index in [9.17, 15) is 0 Å². The van der Waals surface area contributed by atoms with Crippen LogP contribution in [-0.2, 0) is 5.41 Å². The molecule has 10 rings (SSSR count). The van der Waals surface area contributed by atoms with Gasteiger partial charge >= 0.3 is 0 Å². The molecule has 0 saturated heterocycles. The molecular formula is C55H41N. The maximum atomic E-state index is 2.43. The van der Waals surface area contributed by atoms with Gasteiger partial charge in [0.25, 0.3) is 0 Å². The molecule has 0 bridgehead atoms. The molecule has 0 saturated carbocycles. The zero-order valence-corrected chi connectivity index (χ0v) is 31.7. The van der Waals surface area contributed by atoms with Gasteiger partial charge in [-0.3, -0.25) is 0 Å². The van der Waals surface area contributed by atoms with E-state index in [2.05, 4.69) is 231 Å². The van der Waals surface area contributed by atoms with Crippen LogP contribution in [0.3, 0.4) is 0 Å². The summed E-state index contributed by atoms with van der Waals surface area (Å²) in [6, 6.07) is 77.6. The highest BCUT2D eigenvalue weighted by Crippen LogP contribution is 2.52. The van der Waals surface area contributed by atoms with E-state index in [-0.39, 0.29) is 5.41 Å². The van der Waals surface area contributed by atoms with Gasteiger partial charge in [0.05, 0.1) is 0 Å². The fourth-order valence-corrected chi connectivity index (χ4v) is 8.58. The first kappa shape index (κ1) is 33.6. The average molecular weight is 716 g/mol. The van der Waals surface area contributed by atoms with Gasteiger partial charge < -0.3 is 4.90 Å². The van der Waals surface area contributed by atoms with E-state index >= 15 is 0 Å². The number of benzene rings is 9. The van der Waals surface area contributed by atoms with Crippen LogP contribution in [-0.4, -0.2) is 0 Å². The van der Waals surface area contributed by atoms with Crippen LogP contribution in [0.1, 0.15) is 25.0 Å². The lowest BCUT2D eigenvalue weighted by Gasteiger charge is -2.28. The predicted molar refractivity (Wildman–Crippen MR) is 238 cm³/mol. The molecule has 0 spiro atoms. The molecule has 0 unspecified atom stereocenters. The van der Waals surface area contributed by atoms with E-state index in [1.165, 1.54) is 77.5 Å². The number of rotatable bonds is 7. The van der Waals surface area contributed by atoms with Crippen molar-refractivity contribution in [2.75, 3.05) is 4.90 Å². The van der Waals surface area contributed by atoms with Crippen LogP contribution >= 0.6 is 0 Å². The lowest BCUT2D eigenvalue weighted by atomic mass is 9.81. The summed E-state index contributed by atoms with van der Waals surface area (Å²) < 4.78 is 0. The molecule has 0 heterocycles. The molecule has 0 radical (unpaired) electrons. The predicted octanol–water partition coefficient (Wildman–Crippen LogP) is 15.3. The molecule has 0 fully saturated rings. The van der Waals surface area contributed by atoms with Crippen molar-refractivity contribution < 1.29 is 0 Å². The lowest BCUT2D eigenvalue weighted by molar-refractivity contribution is 0.660. The van der Waals surface area contributed by atoms with E-state index in [4.69, 9.17) is 0 Å². The smallest absolute Gasteiger partial charge is 0.0468 e. The SMILES string of the molecule is CC1(C)c2cc(-c3ccc(-c4ccccc4)cc3)ccc2-c2ccc(N(c3ccc(-c4ccc(-c5ccccc5)cc4)cc3)c3ccc4ccccc4c3)cc21. The van der Waals surface area contributed by atoms with E-state index in [1.807, 2.05) is 0 Å². The molecule has 1 aliphatic rings. The van der Waals surface area contributed by atoms with E-state index in [0.717, 1.165) is 17.1 Å². The fourth-order valence-electron chi connectivity index (χ4n) is 8.58. The van der Waals surface area contributed by atoms with Crippen molar-refractivity contribution in [2.24, 2.45) is 0 Å². The molecule has 0 amide bonds. The minimum atomic E-state index is -0.175. The van der Waals surface area contributed by atoms with Crippen molar-refractivity contribution in [2.45, 2.75) is 19.3 Å². The molecule has 9 aromatic carbocycles. The zero-order valence-electron chi connectivity index (χ0n) is 31.7. The van der Waals surface area contributed by atoms with Gasteiger partial charge in [-0.2, -0.15) is 0 Å². The molecule has 1 aliphatic carbocycles. The normalized spacial score (nSPS) is 12.6. The molecular weight excluding hydrogens is 675 g/mol. The van der Waals surface area contributed by atoms with Gasteiger partial charge in [0, 0.05) is 22.5 Å². The molecule has 0 N–H and O–H groups in total. The van der Waals surface area contributed by atoms with Crippen molar-refractivity contribution in [3.63, 3.8) is 0 Å². The van der Waals surface area contributed by atoms with E-state index < -0.39 is 0 Å². The maximum absolute atomic E-state index is 2.43. The second-order valence-corrected chi connectivity index (χ2v) is 15.4. The van der Waals surface area contributed by atoms with Crippen molar-refractivity contribution in [3.8, 4) is 55.6 Å². The summed E-state index contributed by atoms with van der Waals surface area (Å²) in [6.07, 6.45) is 0. The quantitative estimate of drug-likeness (QED) is 0.159. The summed E-state index contributed by atoms with van der Waals surface area (Å²) in [7, 11) is 0. The Hall–Kier alpha value is -6.96. The Kier molecular flexibility index (Phi) is 8.23. The summed E-state index contributed by atoms with van der Waals surface area (Å²) in [5.74, 6) is 0. The van der Waals surface area contributed by atoms with Crippen LogP contribution in [0.15, 0.2) is 212 Å². The Balaban J connectivity index is 1.01. The Morgan fingerprint density at radius 3 is 1.23 bits per heavy atom. The van der Waals surface area contributed by atoms with E-state index in [0.29, 0.717) is 0 Å². The molecule has 1 nitrogen and oxygen atoms in total. The Morgan fingerprint density at radius 2 is 0.661 bits per heavy atom. The van der Waals surface area contributed by atoms with Crippen LogP contribution < -0.4 is 4.90 Å². The summed E-state index contributed by atoms with van der Waals surface area (Å²) >= 11 is 0. The van der Waals surface area contributed by atoms with E-state index in [1.54, 1.807) is 0 Å². The Bertz CT molecular complexity index is 2830. The number of fused-ring (bicyclic) bond motifs is 4. The van der Waals surface area contributed by atoms with Crippen molar-refractivity contribution in [3.05, 3.63) is 223 Å². The summed E-state index contributed by atoms with van der Waals surface area (Å²) in [6.45, 7) is 4.75. The Labute approximate surface area is 329 Å². The van der Waals surface area contributed by atoms with Crippen LogP contribution in [0.25, 0.3) is 66.4 Å². The van der Waals surface area contributed by atoms with Crippen molar-refractivity contribution in [1.29, 1.82) is 0 Å². The molecule has 1 heteroatoms. The highest BCUT2D eigenvalue weighted by molar-refractivity contribution is 5.91. The summed E-state index contributed by atoms with van der Waals surface area (Å²) in [5, 5.41) is 2.46. The second-order valence-electron chi connectivity index (χ2n) is 15.4. The van der Waals surface area contributed by atoms with Gasteiger partial charge in [-0.15, -0.1) is 0 Å². The topological polar surface area (TPSA) is 3.24 Å². The van der Waals surface area contributed by atoms with Gasteiger partial charge in [-0.25, -0.2) is 0 Å². The van der Waals surface area contributed by atoms with Gasteiger partial charge in [0.15, 0.2) is 0 Å². The number of anilines is 3. The molecule has 0 aromatic heterocycles. The summed E-state index contributed by atoms with van der Waals surface area (Å²) in [5.41, 5.74) is 18.4. The standard InChI is InChI=1S/C55H41N/c1-55(2)53-36-47(45-23-21-42(22-24-45)39-13-7-4-8-14-39)28-33-51(53)52-34-32-50(37-54(52)55)56(49-31-27-40-15-9-10-16-46(40)35-49)48-29-25-44(26-30-48)43-19-17-41(18-20-43)38-11-5-3-6-12-38/h3-37H,1-2H3. The average Bonchev–Trinajstić information content (AvgIpc) is 3.49. The molecule has 0 aliphatic heterocycles. The second kappa shape index (κ2) is 13.7. The van der Waals surface area contributed by atoms with Gasteiger partial charge in [0.2, 0.25) is 0 Å². The van der Waals surface area contributed by atoms with Gasteiger partial charge in [-0.05, 0) is 120 Å². The number of hydrogen-bond donors (Lipinski definition) is 0. The van der Waals surface area contributed by atoms with Crippen LogP contribution in [0.5, 0.6) is 0 Å². The van der Waals surface area contributed by atoms with Crippen molar-refractivity contribution in [1.82, 2.24) is 0 Å². The Morgan fingerprint density at radius 1 is 0.286 bits per heavy atom. The van der Waals surface area contributed by atoms with Gasteiger partial charge in [0.1, 0.15) is 0 Å². The highest BCUT2D eigenvalue weighted by atomic mass is 15.1. The number of nitrogens with zero attached hydrogens (tertiary/aromatic N) is 1. The third kappa shape index (κ3) is 5.99. The summed E-state index contributed by atoms with van der Waals surface area (Å²) in [4.78, 5) is 2.41. The first-order valence-corrected chi connectivity index (χ1v) is 19.5. The number of hydrogen-bond acceptors (Lipinski definition) is 1. The van der Waals surface area contributed by atoms with Crippen LogP contribution in [0.4, 0.5) is 17.1 Å². The zero-order chi connectivity index (χ0) is 37.6.